The van der Waals surface area contributed by atoms with Gasteiger partial charge in [-0.15, -0.1) is 29.8 Å². The summed E-state index contributed by atoms with van der Waals surface area (Å²) in [7, 11) is 0. The van der Waals surface area contributed by atoms with Gasteiger partial charge in [0.2, 0.25) is 0 Å². The molecule has 0 unspecified atom stereocenters. The van der Waals surface area contributed by atoms with Crippen LogP contribution in [0.4, 0.5) is 0 Å². The third-order valence-corrected chi connectivity index (χ3v) is 3.75. The van der Waals surface area contributed by atoms with Crippen LogP contribution >= 0.6 is 0 Å². The van der Waals surface area contributed by atoms with E-state index in [9.17, 15) is 0 Å². The second-order valence-electron chi connectivity index (χ2n) is 5.15. The second-order valence-corrected chi connectivity index (χ2v) is 5.15. The van der Waals surface area contributed by atoms with Crippen LogP contribution in [0.2, 0.25) is 0 Å². The fourth-order valence-electron chi connectivity index (χ4n) is 2.58. The zero-order valence-electron chi connectivity index (χ0n) is 12.2. The minimum absolute atomic E-state index is 0. The molecule has 0 saturated carbocycles. The van der Waals surface area contributed by atoms with Crippen molar-refractivity contribution < 1.29 is 20.1 Å². The third-order valence-electron chi connectivity index (χ3n) is 3.75. The van der Waals surface area contributed by atoms with Gasteiger partial charge in [0.15, 0.2) is 0 Å². The Balaban J connectivity index is 0.00000156. The summed E-state index contributed by atoms with van der Waals surface area (Å²) in [6.07, 6.45) is 3.30. The summed E-state index contributed by atoms with van der Waals surface area (Å²) in [4.78, 5) is 8.19. The van der Waals surface area contributed by atoms with Crippen LogP contribution in [0.15, 0.2) is 79.3 Å². The summed E-state index contributed by atoms with van der Waals surface area (Å²) in [5, 5.41) is 2.51. The molecular formula is C20H13IrN2-. The van der Waals surface area contributed by atoms with Gasteiger partial charge in [0.25, 0.3) is 0 Å². The van der Waals surface area contributed by atoms with Crippen LogP contribution in [0.1, 0.15) is 0 Å². The molecule has 3 heteroatoms. The third kappa shape index (κ3) is 3.21. The number of fused-ring (bicyclic) bond motifs is 1. The van der Waals surface area contributed by atoms with Crippen LogP contribution in [-0.4, -0.2) is 9.97 Å². The maximum Gasteiger partial charge on any atom is 0.105 e. The van der Waals surface area contributed by atoms with Crippen LogP contribution in [0.25, 0.3) is 33.2 Å². The van der Waals surface area contributed by atoms with Gasteiger partial charge >= 0.3 is 0 Å². The Morgan fingerprint density at radius 1 is 0.783 bits per heavy atom. The molecule has 1 aromatic heterocycles. The van der Waals surface area contributed by atoms with Gasteiger partial charge in [0, 0.05) is 26.3 Å². The van der Waals surface area contributed by atoms with Gasteiger partial charge in [0.1, 0.15) is 6.33 Å². The van der Waals surface area contributed by atoms with E-state index in [0.717, 1.165) is 16.8 Å². The molecule has 113 valence electrons. The van der Waals surface area contributed by atoms with Crippen molar-refractivity contribution in [1.82, 2.24) is 9.97 Å². The fraction of sp³-hybridized carbons (Fsp3) is 0. The summed E-state index contributed by atoms with van der Waals surface area (Å²) in [6.45, 7) is 0. The Hall–Kier alpha value is -2.35. The van der Waals surface area contributed by atoms with Crippen LogP contribution in [-0.2, 0) is 20.1 Å². The second kappa shape index (κ2) is 6.82. The van der Waals surface area contributed by atoms with Gasteiger partial charge in [0.05, 0.1) is 0 Å². The molecule has 0 spiro atoms. The van der Waals surface area contributed by atoms with Crippen molar-refractivity contribution in [1.29, 1.82) is 0 Å². The van der Waals surface area contributed by atoms with Crippen molar-refractivity contribution in [2.75, 3.05) is 0 Å². The van der Waals surface area contributed by atoms with Crippen molar-refractivity contribution in [3.05, 3.63) is 85.3 Å². The quantitative estimate of drug-likeness (QED) is 0.393. The molecule has 23 heavy (non-hydrogen) atoms. The molecule has 0 aliphatic rings. The SMILES string of the molecule is [Ir].[c-]1cc(-c2ccc3ccccc3c2)ccc1-c1ccncn1. The van der Waals surface area contributed by atoms with Crippen molar-refractivity contribution in [3.63, 3.8) is 0 Å². The zero-order valence-corrected chi connectivity index (χ0v) is 14.6. The van der Waals surface area contributed by atoms with E-state index in [0.29, 0.717) is 0 Å². The van der Waals surface area contributed by atoms with Crippen molar-refractivity contribution in [3.8, 4) is 22.4 Å². The van der Waals surface area contributed by atoms with Crippen LogP contribution in [0.5, 0.6) is 0 Å². The van der Waals surface area contributed by atoms with Gasteiger partial charge in [-0.1, -0.05) is 59.7 Å². The maximum absolute atomic E-state index is 4.25. The molecule has 0 N–H and O–H groups in total. The van der Waals surface area contributed by atoms with Crippen LogP contribution < -0.4 is 0 Å². The number of aromatic nitrogens is 2. The average molecular weight is 474 g/mol. The largest absolute Gasteiger partial charge is 0.286 e. The summed E-state index contributed by atoms with van der Waals surface area (Å²) < 4.78 is 0. The first-order chi connectivity index (χ1) is 10.9. The molecule has 4 aromatic rings. The molecule has 2 nitrogen and oxygen atoms in total. The van der Waals surface area contributed by atoms with Gasteiger partial charge in [-0.25, -0.2) is 4.98 Å². The Labute approximate surface area is 148 Å². The minimum atomic E-state index is 0. The molecule has 4 rings (SSSR count). The number of benzene rings is 3. The Kier molecular flexibility index (Phi) is 4.61. The monoisotopic (exact) mass is 474 g/mol. The number of hydrogen-bond acceptors (Lipinski definition) is 2. The topological polar surface area (TPSA) is 25.8 Å². The van der Waals surface area contributed by atoms with Gasteiger partial charge in [-0.05, 0) is 16.5 Å². The van der Waals surface area contributed by atoms with E-state index >= 15 is 0 Å². The molecule has 1 radical (unpaired) electrons. The summed E-state index contributed by atoms with van der Waals surface area (Å²) in [5.74, 6) is 0. The Bertz CT molecular complexity index is 919. The first kappa shape index (κ1) is 15.5. The number of hydrogen-bond donors (Lipinski definition) is 0. The Morgan fingerprint density at radius 2 is 1.61 bits per heavy atom. The zero-order chi connectivity index (χ0) is 14.8. The van der Waals surface area contributed by atoms with Gasteiger partial charge < -0.3 is 0 Å². The number of nitrogens with zero attached hydrogens (tertiary/aromatic N) is 2. The number of rotatable bonds is 2. The first-order valence-electron chi connectivity index (χ1n) is 7.17. The fourth-order valence-corrected chi connectivity index (χ4v) is 2.58. The molecule has 0 fully saturated rings. The molecule has 0 aliphatic heterocycles. The van der Waals surface area contributed by atoms with Crippen molar-refractivity contribution >= 4 is 10.8 Å². The molecule has 0 aliphatic carbocycles. The van der Waals surface area contributed by atoms with Crippen molar-refractivity contribution in [2.45, 2.75) is 0 Å². The summed E-state index contributed by atoms with van der Waals surface area (Å²) >= 11 is 0. The summed E-state index contributed by atoms with van der Waals surface area (Å²) in [6, 6.07) is 26.3. The molecule has 1 heterocycles. The average Bonchev–Trinajstić information content (AvgIpc) is 2.62. The van der Waals surface area contributed by atoms with Crippen molar-refractivity contribution in [2.24, 2.45) is 0 Å². The van der Waals surface area contributed by atoms with E-state index in [2.05, 4.69) is 64.6 Å². The van der Waals surface area contributed by atoms with E-state index < -0.39 is 0 Å². The molecular weight excluding hydrogens is 460 g/mol. The molecule has 3 aromatic carbocycles. The van der Waals surface area contributed by atoms with E-state index in [-0.39, 0.29) is 20.1 Å². The first-order valence-corrected chi connectivity index (χ1v) is 7.17. The maximum atomic E-state index is 4.25. The normalized spacial score (nSPS) is 10.3. The predicted octanol–water partition coefficient (Wildman–Crippen LogP) is 4.76. The van der Waals surface area contributed by atoms with Crippen LogP contribution in [0, 0.1) is 6.07 Å². The summed E-state index contributed by atoms with van der Waals surface area (Å²) in [5.41, 5.74) is 4.22. The van der Waals surface area contributed by atoms with E-state index in [4.69, 9.17) is 0 Å². The van der Waals surface area contributed by atoms with Gasteiger partial charge in [-0.2, -0.15) is 0 Å². The van der Waals surface area contributed by atoms with E-state index in [1.165, 1.54) is 16.3 Å². The smallest absolute Gasteiger partial charge is 0.105 e. The molecule has 0 saturated heterocycles. The predicted molar refractivity (Wildman–Crippen MR) is 89.2 cm³/mol. The minimum Gasteiger partial charge on any atom is -0.286 e. The molecule has 0 amide bonds. The van der Waals surface area contributed by atoms with Crippen LogP contribution in [0.3, 0.4) is 0 Å². The van der Waals surface area contributed by atoms with Gasteiger partial charge in [-0.3, -0.25) is 4.98 Å². The Morgan fingerprint density at radius 3 is 2.35 bits per heavy atom. The molecule has 0 atom stereocenters. The van der Waals surface area contributed by atoms with E-state index in [1.807, 2.05) is 18.2 Å². The van der Waals surface area contributed by atoms with E-state index in [1.54, 1.807) is 12.5 Å². The standard InChI is InChI=1S/C20H13N2.Ir/c1-2-4-18-13-19(10-7-15(18)3-1)16-5-8-17(9-6-16)20-11-12-21-14-22-20;/h1-8,10-14H;/q-1;. The molecule has 0 bridgehead atoms.